The zero-order valence-electron chi connectivity index (χ0n) is 15.3. The molecule has 0 fully saturated rings. The van der Waals surface area contributed by atoms with E-state index in [9.17, 15) is 0 Å². The smallest absolute Gasteiger partial charge is 0.192 e. The molecule has 9 heteroatoms. The number of nitrogens with zero attached hydrogens (tertiary/aromatic N) is 5. The van der Waals surface area contributed by atoms with Gasteiger partial charge in [0.05, 0.1) is 25.9 Å². The third-order valence-corrected chi connectivity index (χ3v) is 3.70. The van der Waals surface area contributed by atoms with E-state index in [0.29, 0.717) is 19.0 Å². The van der Waals surface area contributed by atoms with E-state index in [4.69, 9.17) is 4.74 Å². The van der Waals surface area contributed by atoms with Crippen LogP contribution in [0.15, 0.2) is 17.5 Å². The Labute approximate surface area is 165 Å². The summed E-state index contributed by atoms with van der Waals surface area (Å²) >= 11 is 0. The molecule has 0 spiro atoms. The maximum Gasteiger partial charge on any atom is 0.192 e. The maximum atomic E-state index is 5.44. The predicted octanol–water partition coefficient (Wildman–Crippen LogP) is 1.71. The van der Waals surface area contributed by atoms with E-state index < -0.39 is 0 Å². The molecule has 0 bridgehead atoms. The van der Waals surface area contributed by atoms with Gasteiger partial charge in [0.15, 0.2) is 5.96 Å². The van der Waals surface area contributed by atoms with Gasteiger partial charge in [-0.3, -0.25) is 9.67 Å². The largest absolute Gasteiger partial charge is 0.496 e. The highest BCUT2D eigenvalue weighted by Gasteiger charge is 2.09. The molecule has 0 aromatic carbocycles. The summed E-state index contributed by atoms with van der Waals surface area (Å²) in [5.74, 6) is 2.42. The van der Waals surface area contributed by atoms with Gasteiger partial charge in [0.25, 0.3) is 0 Å². The van der Waals surface area contributed by atoms with Gasteiger partial charge >= 0.3 is 0 Å². The number of hydrogen-bond acceptors (Lipinski definition) is 5. The van der Waals surface area contributed by atoms with Crippen LogP contribution in [0, 0.1) is 13.8 Å². The third kappa shape index (κ3) is 5.55. The summed E-state index contributed by atoms with van der Waals surface area (Å²) in [5.41, 5.74) is 2.94. The Bertz CT molecular complexity index is 715. The van der Waals surface area contributed by atoms with Gasteiger partial charge < -0.3 is 15.4 Å². The number of nitrogens with one attached hydrogen (secondary N) is 2. The van der Waals surface area contributed by atoms with Gasteiger partial charge in [0, 0.05) is 30.9 Å². The number of methoxy groups -OCH3 is 1. The van der Waals surface area contributed by atoms with Crippen LogP contribution in [-0.4, -0.2) is 39.4 Å². The quantitative estimate of drug-likeness (QED) is 0.389. The number of guanidine groups is 1. The van der Waals surface area contributed by atoms with Crippen molar-refractivity contribution in [2.45, 2.75) is 33.9 Å². The first-order chi connectivity index (χ1) is 11.6. The number of pyridine rings is 1. The molecule has 0 saturated heterocycles. The molecule has 2 heterocycles. The fourth-order valence-corrected chi connectivity index (χ4v) is 2.37. The number of aliphatic imine (C=N–C) groups is 1. The van der Waals surface area contributed by atoms with Crippen LogP contribution < -0.4 is 15.4 Å². The molecule has 0 radical (unpaired) electrons. The molecular formula is C16H26IN7O. The first-order valence-corrected chi connectivity index (χ1v) is 7.90. The van der Waals surface area contributed by atoms with Gasteiger partial charge in [-0.15, -0.1) is 24.0 Å². The molecule has 8 nitrogen and oxygen atoms in total. The zero-order valence-corrected chi connectivity index (χ0v) is 17.7. The van der Waals surface area contributed by atoms with Gasteiger partial charge in [0.1, 0.15) is 17.9 Å². The highest BCUT2D eigenvalue weighted by Crippen LogP contribution is 2.24. The zero-order chi connectivity index (χ0) is 17.5. The van der Waals surface area contributed by atoms with Crippen molar-refractivity contribution in [1.29, 1.82) is 0 Å². The number of halogens is 1. The first-order valence-electron chi connectivity index (χ1n) is 7.90. The molecule has 0 aliphatic carbocycles. The van der Waals surface area contributed by atoms with E-state index in [-0.39, 0.29) is 24.0 Å². The Kier molecular flexibility index (Phi) is 8.59. The number of rotatable bonds is 6. The number of aromatic nitrogens is 4. The van der Waals surface area contributed by atoms with Crippen molar-refractivity contribution in [2.75, 3.05) is 13.7 Å². The Morgan fingerprint density at radius 1 is 1.28 bits per heavy atom. The third-order valence-electron chi connectivity index (χ3n) is 3.70. The topological polar surface area (TPSA) is 89.2 Å². The first kappa shape index (κ1) is 21.1. The SMILES string of the molecule is CCNC(=NCc1ncc(C)c(OC)c1C)NCc1ncnn1C.I. The van der Waals surface area contributed by atoms with Crippen LogP contribution in [0.25, 0.3) is 0 Å². The van der Waals surface area contributed by atoms with E-state index in [1.165, 1.54) is 6.33 Å². The predicted molar refractivity (Wildman–Crippen MR) is 108 cm³/mol. The van der Waals surface area contributed by atoms with Gasteiger partial charge in [-0.05, 0) is 20.8 Å². The van der Waals surface area contributed by atoms with E-state index in [1.807, 2.05) is 34.0 Å². The average molecular weight is 459 g/mol. The van der Waals surface area contributed by atoms with Gasteiger partial charge in [-0.1, -0.05) is 0 Å². The van der Waals surface area contributed by atoms with Gasteiger partial charge in [0.2, 0.25) is 0 Å². The number of aryl methyl sites for hydroxylation is 2. The number of hydrogen-bond donors (Lipinski definition) is 2. The van der Waals surface area contributed by atoms with Gasteiger partial charge in [-0.25, -0.2) is 9.98 Å². The van der Waals surface area contributed by atoms with Gasteiger partial charge in [-0.2, -0.15) is 5.10 Å². The van der Waals surface area contributed by atoms with Crippen LogP contribution in [0.1, 0.15) is 29.6 Å². The molecule has 0 amide bonds. The molecule has 2 aromatic heterocycles. The second kappa shape index (κ2) is 10.2. The van der Waals surface area contributed by atoms with Crippen LogP contribution in [0.3, 0.4) is 0 Å². The van der Waals surface area contributed by atoms with Crippen LogP contribution in [0.4, 0.5) is 0 Å². The monoisotopic (exact) mass is 459 g/mol. The lowest BCUT2D eigenvalue weighted by molar-refractivity contribution is 0.407. The summed E-state index contributed by atoms with van der Waals surface area (Å²) in [6.45, 7) is 7.80. The molecule has 2 N–H and O–H groups in total. The summed E-state index contributed by atoms with van der Waals surface area (Å²) in [6, 6.07) is 0. The van der Waals surface area contributed by atoms with Crippen LogP contribution in [0.5, 0.6) is 5.75 Å². The lowest BCUT2D eigenvalue weighted by Crippen LogP contribution is -2.37. The molecule has 0 aliphatic rings. The minimum Gasteiger partial charge on any atom is -0.496 e. The molecular weight excluding hydrogens is 433 g/mol. The van der Waals surface area contributed by atoms with E-state index >= 15 is 0 Å². The van der Waals surface area contributed by atoms with Crippen LogP contribution in [-0.2, 0) is 20.1 Å². The normalized spacial score (nSPS) is 11.0. The highest BCUT2D eigenvalue weighted by molar-refractivity contribution is 14.0. The number of ether oxygens (including phenoxy) is 1. The van der Waals surface area contributed by atoms with Crippen molar-refractivity contribution in [1.82, 2.24) is 30.4 Å². The van der Waals surface area contributed by atoms with Crippen molar-refractivity contribution >= 4 is 29.9 Å². The summed E-state index contributed by atoms with van der Waals surface area (Å²) in [7, 11) is 3.54. The summed E-state index contributed by atoms with van der Waals surface area (Å²) in [4.78, 5) is 13.3. The molecule has 0 atom stereocenters. The lowest BCUT2D eigenvalue weighted by Gasteiger charge is -2.13. The fraction of sp³-hybridized carbons (Fsp3) is 0.500. The Morgan fingerprint density at radius 3 is 2.64 bits per heavy atom. The Balaban J connectivity index is 0.00000312. The lowest BCUT2D eigenvalue weighted by atomic mass is 10.1. The Morgan fingerprint density at radius 2 is 2.04 bits per heavy atom. The fourth-order valence-electron chi connectivity index (χ4n) is 2.37. The van der Waals surface area contributed by atoms with Crippen molar-refractivity contribution < 1.29 is 4.74 Å². The summed E-state index contributed by atoms with van der Waals surface area (Å²) in [5, 5.41) is 10.5. The second-order valence-corrected chi connectivity index (χ2v) is 5.39. The molecule has 2 aromatic rings. The van der Waals surface area contributed by atoms with E-state index in [0.717, 1.165) is 34.9 Å². The van der Waals surface area contributed by atoms with Crippen molar-refractivity contribution in [2.24, 2.45) is 12.0 Å². The standard InChI is InChI=1S/C16H25N7O.HI/c1-6-17-16(20-9-14-21-10-22-23(14)4)19-8-13-12(3)15(24-5)11(2)7-18-13;/h7,10H,6,8-9H2,1-5H3,(H2,17,19,20);1H. The van der Waals surface area contributed by atoms with E-state index in [1.54, 1.807) is 11.8 Å². The minimum atomic E-state index is 0. The maximum absolute atomic E-state index is 5.44. The molecule has 138 valence electrons. The molecule has 2 rings (SSSR count). The average Bonchev–Trinajstić information content (AvgIpc) is 2.97. The summed E-state index contributed by atoms with van der Waals surface area (Å²) in [6.07, 6.45) is 3.35. The van der Waals surface area contributed by atoms with Crippen LogP contribution in [0.2, 0.25) is 0 Å². The summed E-state index contributed by atoms with van der Waals surface area (Å²) < 4.78 is 7.17. The molecule has 0 saturated carbocycles. The molecule has 25 heavy (non-hydrogen) atoms. The van der Waals surface area contributed by atoms with Crippen molar-refractivity contribution in [3.05, 3.63) is 35.2 Å². The molecule has 0 aliphatic heterocycles. The second-order valence-electron chi connectivity index (χ2n) is 5.39. The van der Waals surface area contributed by atoms with Crippen molar-refractivity contribution in [3.63, 3.8) is 0 Å². The Hall–Kier alpha value is -1.91. The van der Waals surface area contributed by atoms with E-state index in [2.05, 4.69) is 30.7 Å². The minimum absolute atomic E-state index is 0. The molecule has 0 unspecified atom stereocenters. The highest BCUT2D eigenvalue weighted by atomic mass is 127. The van der Waals surface area contributed by atoms with Crippen LogP contribution >= 0.6 is 24.0 Å². The van der Waals surface area contributed by atoms with Crippen molar-refractivity contribution in [3.8, 4) is 5.75 Å².